The third-order valence-electron chi connectivity index (χ3n) is 2.81. The molecule has 2 aromatic rings. The van der Waals surface area contributed by atoms with Gasteiger partial charge in [0.25, 0.3) is 5.69 Å². The first-order chi connectivity index (χ1) is 9.88. The molecule has 21 heavy (non-hydrogen) atoms. The summed E-state index contributed by atoms with van der Waals surface area (Å²) < 4.78 is 19.5. The third-order valence-corrected chi connectivity index (χ3v) is 3.46. The summed E-state index contributed by atoms with van der Waals surface area (Å²) in [4.78, 5) is 10.3. The topological polar surface area (TPSA) is 78.4 Å². The molecule has 2 aromatic carbocycles. The van der Waals surface area contributed by atoms with Gasteiger partial charge < -0.3 is 10.5 Å². The summed E-state index contributed by atoms with van der Waals surface area (Å²) in [5, 5.41) is 10.8. The van der Waals surface area contributed by atoms with Crippen molar-refractivity contribution in [1.29, 1.82) is 0 Å². The van der Waals surface area contributed by atoms with Crippen LogP contribution < -0.4 is 10.5 Å². The summed E-state index contributed by atoms with van der Waals surface area (Å²) in [7, 11) is 0. The fraction of sp³-hybridized carbons (Fsp3) is 0.143. The quantitative estimate of drug-likeness (QED) is 0.655. The Balaban J connectivity index is 2.43. The second-order valence-corrected chi connectivity index (χ2v) is 5.30. The predicted octanol–water partition coefficient (Wildman–Crippen LogP) is 4.31. The molecule has 0 bridgehead atoms. The van der Waals surface area contributed by atoms with Crippen LogP contribution in [0.25, 0.3) is 0 Å². The number of nitrogens with zero attached hydrogens (tertiary/aromatic N) is 1. The molecule has 0 unspecified atom stereocenters. The molecule has 0 spiro atoms. The van der Waals surface area contributed by atoms with Crippen LogP contribution in [0.15, 0.2) is 40.9 Å². The van der Waals surface area contributed by atoms with Crippen molar-refractivity contribution in [2.45, 2.75) is 13.0 Å². The molecule has 0 saturated carbocycles. The van der Waals surface area contributed by atoms with Crippen LogP contribution in [-0.4, -0.2) is 4.92 Å². The summed E-state index contributed by atoms with van der Waals surface area (Å²) in [6.45, 7) is 1.70. The number of hydrogen-bond donors (Lipinski definition) is 1. The van der Waals surface area contributed by atoms with E-state index < -0.39 is 16.8 Å². The van der Waals surface area contributed by atoms with E-state index in [2.05, 4.69) is 15.9 Å². The Hall–Kier alpha value is -1.99. The van der Waals surface area contributed by atoms with Crippen LogP contribution in [0.2, 0.25) is 0 Å². The fourth-order valence-electron chi connectivity index (χ4n) is 1.77. The van der Waals surface area contributed by atoms with Crippen LogP contribution in [0.3, 0.4) is 0 Å². The number of nitro groups is 1. The van der Waals surface area contributed by atoms with E-state index in [1.165, 1.54) is 36.4 Å². The molecule has 0 aliphatic rings. The van der Waals surface area contributed by atoms with E-state index >= 15 is 0 Å². The minimum Gasteiger partial charge on any atom is -0.456 e. The lowest BCUT2D eigenvalue weighted by Crippen LogP contribution is -2.07. The van der Waals surface area contributed by atoms with Gasteiger partial charge in [0.05, 0.1) is 15.5 Å². The number of nitro benzene ring substituents is 1. The second kappa shape index (κ2) is 6.19. The molecule has 110 valence electrons. The molecule has 0 radical (unpaired) electrons. The first-order valence-electron chi connectivity index (χ1n) is 6.05. The zero-order valence-electron chi connectivity index (χ0n) is 11.0. The van der Waals surface area contributed by atoms with Gasteiger partial charge in [0.1, 0.15) is 17.3 Å². The van der Waals surface area contributed by atoms with Crippen LogP contribution in [0.5, 0.6) is 11.5 Å². The summed E-state index contributed by atoms with van der Waals surface area (Å²) in [5.41, 5.74) is 6.17. The molecule has 0 amide bonds. The van der Waals surface area contributed by atoms with E-state index in [4.69, 9.17) is 10.5 Å². The number of halogens is 2. The monoisotopic (exact) mass is 354 g/mol. The first kappa shape index (κ1) is 15.4. The average Bonchev–Trinajstić information content (AvgIpc) is 2.42. The van der Waals surface area contributed by atoms with Gasteiger partial charge in [-0.15, -0.1) is 0 Å². The van der Waals surface area contributed by atoms with Crippen molar-refractivity contribution >= 4 is 21.6 Å². The third kappa shape index (κ3) is 3.56. The minimum absolute atomic E-state index is 0.0994. The van der Waals surface area contributed by atoms with E-state index in [9.17, 15) is 14.5 Å². The number of non-ortho nitro benzene ring substituents is 1. The van der Waals surface area contributed by atoms with Gasteiger partial charge in [0.15, 0.2) is 0 Å². The normalized spacial score (nSPS) is 12.0. The van der Waals surface area contributed by atoms with Crippen molar-refractivity contribution in [2.75, 3.05) is 0 Å². The standard InChI is InChI=1S/C14H12BrFN2O3/c1-8(17)11-6-9(16)2-5-13(11)21-14-7-10(18(19)20)3-4-12(14)15/h2-8H,17H2,1H3/t8-/m0/s1. The van der Waals surface area contributed by atoms with Gasteiger partial charge in [-0.3, -0.25) is 10.1 Å². The van der Waals surface area contributed by atoms with E-state index in [1.807, 2.05) is 0 Å². The van der Waals surface area contributed by atoms with Gasteiger partial charge in [-0.1, -0.05) is 0 Å². The highest BCUT2D eigenvalue weighted by atomic mass is 79.9. The van der Waals surface area contributed by atoms with Crippen molar-refractivity contribution in [3.8, 4) is 11.5 Å². The number of ether oxygens (including phenoxy) is 1. The largest absolute Gasteiger partial charge is 0.456 e. The highest BCUT2D eigenvalue weighted by Gasteiger charge is 2.15. The maximum Gasteiger partial charge on any atom is 0.273 e. The molecule has 1 atom stereocenters. The molecular weight excluding hydrogens is 343 g/mol. The first-order valence-corrected chi connectivity index (χ1v) is 6.84. The Morgan fingerprint density at radius 1 is 1.29 bits per heavy atom. The SMILES string of the molecule is C[C@H](N)c1cc(F)ccc1Oc1cc([N+](=O)[O-])ccc1Br. The molecule has 2 N–H and O–H groups in total. The average molecular weight is 355 g/mol. The lowest BCUT2D eigenvalue weighted by molar-refractivity contribution is -0.384. The molecule has 0 heterocycles. The fourth-order valence-corrected chi connectivity index (χ4v) is 2.10. The number of rotatable bonds is 4. The highest BCUT2D eigenvalue weighted by molar-refractivity contribution is 9.10. The molecule has 7 heteroatoms. The molecule has 0 aliphatic heterocycles. The van der Waals surface area contributed by atoms with Crippen LogP contribution in [0.1, 0.15) is 18.5 Å². The Morgan fingerprint density at radius 2 is 2.00 bits per heavy atom. The molecule has 0 aliphatic carbocycles. The van der Waals surface area contributed by atoms with Crippen molar-refractivity contribution in [2.24, 2.45) is 5.73 Å². The Bertz CT molecular complexity index is 692. The summed E-state index contributed by atoms with van der Waals surface area (Å²) in [5.74, 6) is 0.193. The summed E-state index contributed by atoms with van der Waals surface area (Å²) in [6.07, 6.45) is 0. The number of hydrogen-bond acceptors (Lipinski definition) is 4. The van der Waals surface area contributed by atoms with Crippen molar-refractivity contribution in [1.82, 2.24) is 0 Å². The second-order valence-electron chi connectivity index (χ2n) is 4.44. The van der Waals surface area contributed by atoms with Crippen LogP contribution in [0.4, 0.5) is 10.1 Å². The summed E-state index contributed by atoms with van der Waals surface area (Å²) >= 11 is 3.26. The zero-order chi connectivity index (χ0) is 15.6. The molecular formula is C14H12BrFN2O3. The van der Waals surface area contributed by atoms with Gasteiger partial charge in [-0.05, 0) is 47.1 Å². The van der Waals surface area contributed by atoms with Crippen molar-refractivity contribution in [3.05, 3.63) is 62.4 Å². The Morgan fingerprint density at radius 3 is 2.62 bits per heavy atom. The minimum atomic E-state index is -0.517. The van der Waals surface area contributed by atoms with E-state index in [1.54, 1.807) is 6.92 Å². The molecule has 0 aromatic heterocycles. The van der Waals surface area contributed by atoms with Gasteiger partial charge in [-0.25, -0.2) is 4.39 Å². The molecule has 0 saturated heterocycles. The predicted molar refractivity (Wildman–Crippen MR) is 79.9 cm³/mol. The Kier molecular flexibility index (Phi) is 4.54. The lowest BCUT2D eigenvalue weighted by Gasteiger charge is -2.14. The zero-order valence-corrected chi connectivity index (χ0v) is 12.6. The maximum atomic E-state index is 13.3. The van der Waals surface area contributed by atoms with Crippen LogP contribution in [0, 0.1) is 15.9 Å². The van der Waals surface area contributed by atoms with E-state index in [0.717, 1.165) is 0 Å². The van der Waals surface area contributed by atoms with E-state index in [-0.39, 0.29) is 11.4 Å². The molecule has 0 fully saturated rings. The van der Waals surface area contributed by atoms with Gasteiger partial charge >= 0.3 is 0 Å². The summed E-state index contributed by atoms with van der Waals surface area (Å²) in [6, 6.07) is 7.69. The van der Waals surface area contributed by atoms with Crippen molar-refractivity contribution in [3.63, 3.8) is 0 Å². The van der Waals surface area contributed by atoms with Gasteiger partial charge in [0.2, 0.25) is 0 Å². The molecule has 2 rings (SSSR count). The van der Waals surface area contributed by atoms with Crippen LogP contribution in [-0.2, 0) is 0 Å². The Labute approximate surface area is 128 Å². The van der Waals surface area contributed by atoms with Crippen LogP contribution >= 0.6 is 15.9 Å². The lowest BCUT2D eigenvalue weighted by atomic mass is 10.1. The maximum absolute atomic E-state index is 13.3. The number of benzene rings is 2. The van der Waals surface area contributed by atoms with Gasteiger partial charge in [0, 0.05) is 17.7 Å². The van der Waals surface area contributed by atoms with E-state index in [0.29, 0.717) is 15.8 Å². The number of nitrogens with two attached hydrogens (primary N) is 1. The smallest absolute Gasteiger partial charge is 0.273 e. The highest BCUT2D eigenvalue weighted by Crippen LogP contribution is 2.35. The van der Waals surface area contributed by atoms with Gasteiger partial charge in [-0.2, -0.15) is 0 Å². The van der Waals surface area contributed by atoms with Crippen molar-refractivity contribution < 1.29 is 14.1 Å². The molecule has 5 nitrogen and oxygen atoms in total.